The highest BCUT2D eigenvalue weighted by Crippen LogP contribution is 2.33. The topological polar surface area (TPSA) is 22.1 Å². The molecule has 2 rings (SSSR count). The van der Waals surface area contributed by atoms with Gasteiger partial charge >= 0.3 is 0 Å². The lowest BCUT2D eigenvalue weighted by atomic mass is 10.2. The van der Waals surface area contributed by atoms with Gasteiger partial charge in [-0.25, -0.2) is 18.2 Å². The highest BCUT2D eigenvalue weighted by Gasteiger charge is 2.18. The quantitative estimate of drug-likeness (QED) is 0.817. The number of rotatable bonds is 3. The summed E-state index contributed by atoms with van der Waals surface area (Å²) < 4.78 is 43.7. The predicted molar refractivity (Wildman–Crippen MR) is 63.4 cm³/mol. The Morgan fingerprint density at radius 1 is 1.22 bits per heavy atom. The van der Waals surface area contributed by atoms with Crippen molar-refractivity contribution in [2.45, 2.75) is 6.43 Å². The molecule has 2 nitrogen and oxygen atoms in total. The zero-order valence-corrected chi connectivity index (χ0v) is 10.5. The van der Waals surface area contributed by atoms with Gasteiger partial charge in [-0.2, -0.15) is 0 Å². The highest BCUT2D eigenvalue weighted by atomic mass is 79.9. The highest BCUT2D eigenvalue weighted by molar-refractivity contribution is 9.10. The van der Waals surface area contributed by atoms with Gasteiger partial charge in [0.1, 0.15) is 11.6 Å². The van der Waals surface area contributed by atoms with Gasteiger partial charge in [0, 0.05) is 12.3 Å². The minimum atomic E-state index is -2.91. The third-order valence-electron chi connectivity index (χ3n) is 2.13. The van der Waals surface area contributed by atoms with E-state index in [1.165, 1.54) is 12.3 Å². The third-order valence-corrected chi connectivity index (χ3v) is 2.70. The van der Waals surface area contributed by atoms with Crippen molar-refractivity contribution in [1.29, 1.82) is 0 Å². The summed E-state index contributed by atoms with van der Waals surface area (Å²) in [4.78, 5) is 3.88. The van der Waals surface area contributed by atoms with E-state index in [1.54, 1.807) is 18.2 Å². The summed E-state index contributed by atoms with van der Waals surface area (Å²) in [6, 6.07) is 7.18. The molecule has 0 N–H and O–H groups in total. The molecule has 2 aromatic rings. The fraction of sp³-hybridized carbons (Fsp3) is 0.0833. The van der Waals surface area contributed by atoms with E-state index in [2.05, 4.69) is 20.9 Å². The molecule has 1 aromatic heterocycles. The average molecular weight is 318 g/mol. The van der Waals surface area contributed by atoms with Crippen LogP contribution in [0.2, 0.25) is 0 Å². The van der Waals surface area contributed by atoms with Gasteiger partial charge in [-0.3, -0.25) is 0 Å². The van der Waals surface area contributed by atoms with Crippen LogP contribution in [0.3, 0.4) is 0 Å². The van der Waals surface area contributed by atoms with Crippen molar-refractivity contribution in [1.82, 2.24) is 4.98 Å². The predicted octanol–water partition coefficient (Wildman–Crippen LogP) is 4.71. The zero-order valence-electron chi connectivity index (χ0n) is 8.91. The standard InChI is InChI=1S/C12H7BrF3NO/c13-9-6-7(5-8(11(9)14)12(15)16)18-10-3-1-2-4-17-10/h1-6,12H. The van der Waals surface area contributed by atoms with Crippen molar-refractivity contribution >= 4 is 15.9 Å². The molecule has 1 heterocycles. The largest absolute Gasteiger partial charge is 0.439 e. The average Bonchev–Trinajstić information content (AvgIpc) is 2.34. The van der Waals surface area contributed by atoms with Crippen LogP contribution in [0, 0.1) is 5.82 Å². The first-order valence-electron chi connectivity index (χ1n) is 4.94. The number of hydrogen-bond donors (Lipinski definition) is 0. The van der Waals surface area contributed by atoms with Gasteiger partial charge < -0.3 is 4.74 Å². The second-order valence-corrected chi connectivity index (χ2v) is 4.23. The third kappa shape index (κ3) is 2.81. The number of aromatic nitrogens is 1. The Balaban J connectivity index is 2.35. The fourth-order valence-corrected chi connectivity index (χ4v) is 1.78. The number of nitrogens with zero attached hydrogens (tertiary/aromatic N) is 1. The van der Waals surface area contributed by atoms with Gasteiger partial charge in [-0.1, -0.05) is 6.07 Å². The smallest absolute Gasteiger partial charge is 0.266 e. The maximum Gasteiger partial charge on any atom is 0.266 e. The Morgan fingerprint density at radius 2 is 2.00 bits per heavy atom. The molecule has 0 saturated carbocycles. The zero-order chi connectivity index (χ0) is 13.1. The van der Waals surface area contributed by atoms with E-state index in [1.807, 2.05) is 0 Å². The normalized spacial score (nSPS) is 10.7. The summed E-state index contributed by atoms with van der Waals surface area (Å²) in [6.07, 6.45) is -1.41. The van der Waals surface area contributed by atoms with Crippen molar-refractivity contribution in [3.8, 4) is 11.6 Å². The minimum absolute atomic E-state index is 0.0776. The second kappa shape index (κ2) is 5.39. The summed E-state index contributed by atoms with van der Waals surface area (Å²) in [5.74, 6) is -0.646. The first-order valence-corrected chi connectivity index (χ1v) is 5.73. The number of pyridine rings is 1. The van der Waals surface area contributed by atoms with Gasteiger partial charge in [-0.05, 0) is 34.1 Å². The molecule has 1 aromatic carbocycles. The van der Waals surface area contributed by atoms with Gasteiger partial charge in [0.2, 0.25) is 5.88 Å². The first kappa shape index (κ1) is 12.9. The van der Waals surface area contributed by atoms with E-state index in [4.69, 9.17) is 4.74 Å². The molecule has 0 aliphatic heterocycles. The molecule has 0 amide bonds. The molecular weight excluding hydrogens is 311 g/mol. The molecule has 0 unspecified atom stereocenters. The SMILES string of the molecule is Fc1c(Br)cc(Oc2ccccn2)cc1C(F)F. The van der Waals surface area contributed by atoms with Crippen molar-refractivity contribution in [2.24, 2.45) is 0 Å². The van der Waals surface area contributed by atoms with Crippen molar-refractivity contribution in [3.05, 3.63) is 52.4 Å². The van der Waals surface area contributed by atoms with Crippen molar-refractivity contribution < 1.29 is 17.9 Å². The molecule has 0 radical (unpaired) electrons. The van der Waals surface area contributed by atoms with Gasteiger partial charge in [0.05, 0.1) is 10.0 Å². The van der Waals surface area contributed by atoms with Crippen LogP contribution >= 0.6 is 15.9 Å². The Labute approximate surface area is 110 Å². The summed E-state index contributed by atoms with van der Waals surface area (Å²) >= 11 is 2.87. The summed E-state index contributed by atoms with van der Waals surface area (Å²) in [5.41, 5.74) is -0.713. The lowest BCUT2D eigenvalue weighted by molar-refractivity contribution is 0.145. The van der Waals surface area contributed by atoms with E-state index in [-0.39, 0.29) is 16.1 Å². The maximum absolute atomic E-state index is 13.4. The van der Waals surface area contributed by atoms with Crippen LogP contribution in [0.1, 0.15) is 12.0 Å². The van der Waals surface area contributed by atoms with E-state index in [0.29, 0.717) is 0 Å². The lowest BCUT2D eigenvalue weighted by Gasteiger charge is -2.09. The van der Waals surface area contributed by atoms with Gasteiger partial charge in [0.15, 0.2) is 0 Å². The molecule has 0 saturated heterocycles. The molecule has 0 atom stereocenters. The number of alkyl halides is 2. The number of ether oxygens (including phenoxy) is 1. The monoisotopic (exact) mass is 317 g/mol. The Kier molecular flexibility index (Phi) is 3.86. The Morgan fingerprint density at radius 3 is 2.61 bits per heavy atom. The van der Waals surface area contributed by atoms with Crippen LogP contribution < -0.4 is 4.74 Å². The molecule has 0 fully saturated rings. The maximum atomic E-state index is 13.4. The van der Waals surface area contributed by atoms with E-state index in [9.17, 15) is 13.2 Å². The fourth-order valence-electron chi connectivity index (χ4n) is 1.33. The molecule has 18 heavy (non-hydrogen) atoms. The van der Waals surface area contributed by atoms with E-state index >= 15 is 0 Å². The number of halogens is 4. The summed E-state index contributed by atoms with van der Waals surface area (Å²) in [6.45, 7) is 0. The molecule has 0 aliphatic carbocycles. The van der Waals surface area contributed by atoms with E-state index in [0.717, 1.165) is 6.07 Å². The summed E-state index contributed by atoms with van der Waals surface area (Å²) in [5, 5.41) is 0. The van der Waals surface area contributed by atoms with Crippen LogP contribution in [-0.4, -0.2) is 4.98 Å². The van der Waals surface area contributed by atoms with E-state index < -0.39 is 17.8 Å². The first-order chi connectivity index (χ1) is 8.58. The molecular formula is C12H7BrF3NO. The van der Waals surface area contributed by atoms with Crippen LogP contribution in [0.15, 0.2) is 41.0 Å². The van der Waals surface area contributed by atoms with Crippen LogP contribution in [0.25, 0.3) is 0 Å². The molecule has 94 valence electrons. The lowest BCUT2D eigenvalue weighted by Crippen LogP contribution is -1.95. The number of hydrogen-bond acceptors (Lipinski definition) is 2. The van der Waals surface area contributed by atoms with Crippen molar-refractivity contribution in [2.75, 3.05) is 0 Å². The minimum Gasteiger partial charge on any atom is -0.439 e. The van der Waals surface area contributed by atoms with Crippen LogP contribution in [-0.2, 0) is 0 Å². The molecule has 0 bridgehead atoms. The Bertz CT molecular complexity index is 549. The number of benzene rings is 1. The van der Waals surface area contributed by atoms with Crippen molar-refractivity contribution in [3.63, 3.8) is 0 Å². The van der Waals surface area contributed by atoms with Gasteiger partial charge in [0.25, 0.3) is 6.43 Å². The second-order valence-electron chi connectivity index (χ2n) is 3.38. The Hall–Kier alpha value is -1.56. The summed E-state index contributed by atoms with van der Waals surface area (Å²) in [7, 11) is 0. The molecule has 0 aliphatic rings. The molecule has 6 heteroatoms. The molecule has 0 spiro atoms. The van der Waals surface area contributed by atoms with Crippen LogP contribution in [0.5, 0.6) is 11.6 Å². The van der Waals surface area contributed by atoms with Gasteiger partial charge in [-0.15, -0.1) is 0 Å². The van der Waals surface area contributed by atoms with Crippen LogP contribution in [0.4, 0.5) is 13.2 Å².